The fourth-order valence-electron chi connectivity index (χ4n) is 2.63. The van der Waals surface area contributed by atoms with E-state index in [4.69, 9.17) is 0 Å². The summed E-state index contributed by atoms with van der Waals surface area (Å²) in [6, 6.07) is 11.5. The lowest BCUT2D eigenvalue weighted by atomic mass is 10.2. The van der Waals surface area contributed by atoms with E-state index in [1.807, 2.05) is 24.3 Å². The van der Waals surface area contributed by atoms with Crippen molar-refractivity contribution in [3.8, 4) is 5.75 Å². The Bertz CT molecular complexity index is 1090. The van der Waals surface area contributed by atoms with Crippen molar-refractivity contribution in [1.29, 1.82) is 0 Å². The topological polar surface area (TPSA) is 88.4 Å². The van der Waals surface area contributed by atoms with Crippen LogP contribution in [-0.4, -0.2) is 29.8 Å². The van der Waals surface area contributed by atoms with Crippen molar-refractivity contribution in [3.05, 3.63) is 53.1 Å². The van der Waals surface area contributed by atoms with Gasteiger partial charge in [0.2, 0.25) is 5.91 Å². The third kappa shape index (κ3) is 3.76. The number of anilines is 1. The van der Waals surface area contributed by atoms with Crippen LogP contribution in [0, 0.1) is 0 Å². The van der Waals surface area contributed by atoms with Gasteiger partial charge in [-0.2, -0.15) is 0 Å². The highest BCUT2D eigenvalue weighted by Gasteiger charge is 2.15. The molecule has 2 aromatic carbocycles. The molecule has 0 spiro atoms. The maximum absolute atomic E-state index is 12.4. The van der Waals surface area contributed by atoms with E-state index in [1.54, 1.807) is 10.8 Å². The van der Waals surface area contributed by atoms with Gasteiger partial charge < -0.3 is 15.0 Å². The summed E-state index contributed by atoms with van der Waals surface area (Å²) in [5, 5.41) is 13.5. The number of phenolic OH excluding ortho intramolecular Hbond substituents is 1. The SMILES string of the molecule is CCS(=O)(=O)c1ccc(O)c(NC(=O)Cn2ccc3cc(Br)ccc32)c1. The number of sulfone groups is 1. The molecule has 1 amide bonds. The van der Waals surface area contributed by atoms with Gasteiger partial charge in [0.25, 0.3) is 0 Å². The van der Waals surface area contributed by atoms with Crippen LogP contribution in [0.5, 0.6) is 5.75 Å². The first kappa shape index (κ1) is 18.5. The molecule has 1 heterocycles. The Kier molecular flexibility index (Phi) is 5.06. The summed E-state index contributed by atoms with van der Waals surface area (Å²) in [7, 11) is -3.43. The zero-order chi connectivity index (χ0) is 18.9. The van der Waals surface area contributed by atoms with Crippen LogP contribution in [0.3, 0.4) is 0 Å². The minimum atomic E-state index is -3.43. The van der Waals surface area contributed by atoms with Crippen LogP contribution in [0.1, 0.15) is 6.92 Å². The molecule has 0 aliphatic carbocycles. The molecule has 136 valence electrons. The third-order valence-electron chi connectivity index (χ3n) is 4.03. The molecule has 3 aromatic rings. The first-order chi connectivity index (χ1) is 12.3. The fraction of sp³-hybridized carbons (Fsp3) is 0.167. The third-order valence-corrected chi connectivity index (χ3v) is 6.25. The molecule has 1 aromatic heterocycles. The number of benzene rings is 2. The summed E-state index contributed by atoms with van der Waals surface area (Å²) in [4.78, 5) is 12.4. The quantitative estimate of drug-likeness (QED) is 0.598. The fourth-order valence-corrected chi connectivity index (χ4v) is 3.91. The Hall–Kier alpha value is -2.32. The number of carbonyl (C=O) groups excluding carboxylic acids is 1. The van der Waals surface area contributed by atoms with Gasteiger partial charge in [-0.3, -0.25) is 4.79 Å². The zero-order valence-electron chi connectivity index (χ0n) is 13.9. The van der Waals surface area contributed by atoms with Crippen LogP contribution in [0.2, 0.25) is 0 Å². The van der Waals surface area contributed by atoms with E-state index < -0.39 is 9.84 Å². The Morgan fingerprint density at radius 3 is 2.69 bits per heavy atom. The molecule has 3 rings (SSSR count). The summed E-state index contributed by atoms with van der Waals surface area (Å²) in [5.74, 6) is -0.614. The lowest BCUT2D eigenvalue weighted by Gasteiger charge is -2.11. The van der Waals surface area contributed by atoms with Crippen LogP contribution in [-0.2, 0) is 21.2 Å². The monoisotopic (exact) mass is 436 g/mol. The number of halogens is 1. The van der Waals surface area contributed by atoms with E-state index >= 15 is 0 Å². The van der Waals surface area contributed by atoms with Crippen LogP contribution in [0.4, 0.5) is 5.69 Å². The van der Waals surface area contributed by atoms with Gasteiger partial charge in [-0.05, 0) is 42.5 Å². The summed E-state index contributed by atoms with van der Waals surface area (Å²) in [6.07, 6.45) is 1.80. The Balaban J connectivity index is 1.82. The van der Waals surface area contributed by atoms with E-state index in [2.05, 4.69) is 21.2 Å². The second-order valence-corrected chi connectivity index (χ2v) is 8.97. The molecule has 0 radical (unpaired) electrons. The number of phenols is 1. The van der Waals surface area contributed by atoms with E-state index in [0.29, 0.717) is 0 Å². The summed E-state index contributed by atoms with van der Waals surface area (Å²) in [6.45, 7) is 1.57. The number of amides is 1. The Labute approximate surface area is 159 Å². The molecule has 0 saturated carbocycles. The predicted octanol–water partition coefficient (Wildman–Crippen LogP) is 3.54. The molecule has 26 heavy (non-hydrogen) atoms. The second-order valence-electron chi connectivity index (χ2n) is 5.78. The minimum absolute atomic E-state index is 0.0370. The molecule has 6 nitrogen and oxygen atoms in total. The molecule has 0 unspecified atom stereocenters. The normalized spacial score (nSPS) is 11.6. The number of fused-ring (bicyclic) bond motifs is 1. The smallest absolute Gasteiger partial charge is 0.244 e. The average Bonchev–Trinajstić information content (AvgIpc) is 2.98. The summed E-state index contributed by atoms with van der Waals surface area (Å²) in [5.41, 5.74) is 0.971. The van der Waals surface area contributed by atoms with Crippen molar-refractivity contribution in [2.75, 3.05) is 11.1 Å². The van der Waals surface area contributed by atoms with Gasteiger partial charge in [0.05, 0.1) is 16.3 Å². The highest BCUT2D eigenvalue weighted by molar-refractivity contribution is 9.10. The average molecular weight is 437 g/mol. The number of carbonyl (C=O) groups is 1. The van der Waals surface area contributed by atoms with Gasteiger partial charge in [0.15, 0.2) is 9.84 Å². The number of nitrogens with zero attached hydrogens (tertiary/aromatic N) is 1. The van der Waals surface area contributed by atoms with Crippen molar-refractivity contribution in [2.24, 2.45) is 0 Å². The molecular formula is C18H17BrN2O4S. The highest BCUT2D eigenvalue weighted by atomic mass is 79.9. The molecule has 0 aliphatic heterocycles. The number of nitrogens with one attached hydrogen (secondary N) is 1. The van der Waals surface area contributed by atoms with Crippen LogP contribution >= 0.6 is 15.9 Å². The largest absolute Gasteiger partial charge is 0.506 e. The first-order valence-electron chi connectivity index (χ1n) is 7.90. The molecular weight excluding hydrogens is 420 g/mol. The van der Waals surface area contributed by atoms with E-state index in [0.717, 1.165) is 15.4 Å². The van der Waals surface area contributed by atoms with Crippen LogP contribution in [0.25, 0.3) is 10.9 Å². The van der Waals surface area contributed by atoms with Crippen LogP contribution < -0.4 is 5.32 Å². The molecule has 0 saturated heterocycles. The standard InChI is InChI=1S/C18H17BrN2O4S/c1-2-26(24,25)14-4-6-17(22)15(10-14)20-18(23)11-21-8-7-12-9-13(19)3-5-16(12)21/h3-10,22H,2,11H2,1H3,(H,20,23). The molecule has 0 bridgehead atoms. The first-order valence-corrected chi connectivity index (χ1v) is 10.3. The molecule has 2 N–H and O–H groups in total. The van der Waals surface area contributed by atoms with Crippen molar-refractivity contribution in [3.63, 3.8) is 0 Å². The van der Waals surface area contributed by atoms with E-state index in [1.165, 1.54) is 25.1 Å². The maximum Gasteiger partial charge on any atom is 0.244 e. The summed E-state index contributed by atoms with van der Waals surface area (Å²) >= 11 is 3.41. The van der Waals surface area contributed by atoms with Gasteiger partial charge in [-0.1, -0.05) is 22.9 Å². The second kappa shape index (κ2) is 7.13. The predicted molar refractivity (Wildman–Crippen MR) is 104 cm³/mol. The van der Waals surface area contributed by atoms with Crippen molar-refractivity contribution in [1.82, 2.24) is 4.57 Å². The van der Waals surface area contributed by atoms with E-state index in [-0.39, 0.29) is 34.5 Å². The van der Waals surface area contributed by atoms with Gasteiger partial charge >= 0.3 is 0 Å². The number of aromatic nitrogens is 1. The highest BCUT2D eigenvalue weighted by Crippen LogP contribution is 2.27. The van der Waals surface area contributed by atoms with Gasteiger partial charge in [-0.15, -0.1) is 0 Å². The van der Waals surface area contributed by atoms with Gasteiger partial charge in [-0.25, -0.2) is 8.42 Å². The molecule has 8 heteroatoms. The van der Waals surface area contributed by atoms with Crippen molar-refractivity contribution >= 4 is 48.3 Å². The lowest BCUT2D eigenvalue weighted by molar-refractivity contribution is -0.116. The molecule has 0 aliphatic rings. The van der Waals surface area contributed by atoms with Gasteiger partial charge in [0, 0.05) is 21.6 Å². The van der Waals surface area contributed by atoms with Crippen molar-refractivity contribution in [2.45, 2.75) is 18.4 Å². The maximum atomic E-state index is 12.4. The molecule has 0 fully saturated rings. The van der Waals surface area contributed by atoms with Crippen molar-refractivity contribution < 1.29 is 18.3 Å². The Morgan fingerprint density at radius 2 is 1.96 bits per heavy atom. The van der Waals surface area contributed by atoms with E-state index in [9.17, 15) is 18.3 Å². The number of rotatable bonds is 5. The molecule has 0 atom stereocenters. The number of aromatic hydroxyl groups is 1. The summed E-state index contributed by atoms with van der Waals surface area (Å²) < 4.78 is 26.7. The van der Waals surface area contributed by atoms with Crippen LogP contribution in [0.15, 0.2) is 58.0 Å². The minimum Gasteiger partial charge on any atom is -0.506 e. The number of hydrogen-bond acceptors (Lipinski definition) is 4. The number of hydrogen-bond donors (Lipinski definition) is 2. The zero-order valence-corrected chi connectivity index (χ0v) is 16.3. The lowest BCUT2D eigenvalue weighted by Crippen LogP contribution is -2.18. The Morgan fingerprint density at radius 1 is 1.19 bits per heavy atom. The van der Waals surface area contributed by atoms with Gasteiger partial charge in [0.1, 0.15) is 12.3 Å².